The van der Waals surface area contributed by atoms with Gasteiger partial charge in [-0.1, -0.05) is 316 Å². The molecule has 0 heterocycles. The van der Waals surface area contributed by atoms with Crippen molar-refractivity contribution >= 4 is 17.9 Å². The van der Waals surface area contributed by atoms with Crippen molar-refractivity contribution in [3.63, 3.8) is 0 Å². The maximum absolute atomic E-state index is 12.9. The van der Waals surface area contributed by atoms with Crippen molar-refractivity contribution in [3.05, 3.63) is 109 Å². The number of nitrogens with zero attached hydrogens (tertiary/aromatic N) is 1. The molecule has 2 atom stereocenters. The first-order valence-electron chi connectivity index (χ1n) is 37.0. The van der Waals surface area contributed by atoms with Gasteiger partial charge in [-0.15, -0.1) is 0 Å². The first-order valence-corrected chi connectivity index (χ1v) is 37.0. The molecule has 0 radical (unpaired) electrons. The predicted molar refractivity (Wildman–Crippen MR) is 380 cm³/mol. The zero-order chi connectivity index (χ0) is 64.7. The van der Waals surface area contributed by atoms with Crippen molar-refractivity contribution in [2.45, 2.75) is 334 Å². The van der Waals surface area contributed by atoms with Crippen LogP contribution in [0.15, 0.2) is 109 Å². The van der Waals surface area contributed by atoms with Crippen molar-refractivity contribution in [1.82, 2.24) is 0 Å². The fourth-order valence-electron chi connectivity index (χ4n) is 10.4. The number of carboxylic acids is 1. The van der Waals surface area contributed by atoms with Crippen molar-refractivity contribution in [3.8, 4) is 0 Å². The van der Waals surface area contributed by atoms with Crippen LogP contribution in [0.5, 0.6) is 0 Å². The first-order chi connectivity index (χ1) is 43.6. The number of allylic oxidation sites excluding steroid dienone is 18. The molecule has 0 saturated heterocycles. The Morgan fingerprint density at radius 1 is 0.348 bits per heavy atom. The van der Waals surface area contributed by atoms with E-state index in [-0.39, 0.29) is 32.2 Å². The van der Waals surface area contributed by atoms with Crippen LogP contribution in [-0.4, -0.2) is 82.3 Å². The number of ether oxygens (including phenoxy) is 4. The van der Waals surface area contributed by atoms with Gasteiger partial charge in [0.25, 0.3) is 0 Å². The molecule has 0 aromatic carbocycles. The van der Waals surface area contributed by atoms with Crippen LogP contribution in [0, 0.1) is 0 Å². The number of hydrogen-bond acceptors (Lipinski definition) is 8. The molecule has 0 saturated carbocycles. The molecule has 0 spiro atoms. The van der Waals surface area contributed by atoms with E-state index in [1.807, 2.05) is 21.1 Å². The summed E-state index contributed by atoms with van der Waals surface area (Å²) in [4.78, 5) is 37.5. The minimum atomic E-state index is -1.63. The molecule has 0 rings (SSSR count). The molecule has 0 aromatic rings. The van der Waals surface area contributed by atoms with Crippen LogP contribution < -0.4 is 5.11 Å². The van der Waals surface area contributed by atoms with Crippen molar-refractivity contribution in [1.29, 1.82) is 0 Å². The number of unbranched alkanes of at least 4 members (excludes halogenated alkanes) is 35. The van der Waals surface area contributed by atoms with Gasteiger partial charge in [-0.05, 0) is 103 Å². The Hall–Kier alpha value is -4.05. The summed E-state index contributed by atoms with van der Waals surface area (Å²) in [6.07, 6.45) is 94.7. The lowest BCUT2D eigenvalue weighted by molar-refractivity contribution is -0.870. The minimum absolute atomic E-state index is 0.146. The Kier molecular flexibility index (Phi) is 66.7. The number of quaternary nitrogens is 1. The summed E-state index contributed by atoms with van der Waals surface area (Å²) < 4.78 is 22.8. The van der Waals surface area contributed by atoms with Gasteiger partial charge in [-0.25, -0.2) is 0 Å². The fraction of sp³-hybridized carbons (Fsp3) is 0.738. The monoisotopic (exact) mass is 1240 g/mol. The third-order valence-corrected chi connectivity index (χ3v) is 16.0. The fourth-order valence-corrected chi connectivity index (χ4v) is 10.4. The van der Waals surface area contributed by atoms with Gasteiger partial charge in [0.05, 0.1) is 40.3 Å². The van der Waals surface area contributed by atoms with Crippen LogP contribution in [0.2, 0.25) is 0 Å². The summed E-state index contributed by atoms with van der Waals surface area (Å²) in [6, 6.07) is 0. The van der Waals surface area contributed by atoms with E-state index in [9.17, 15) is 19.5 Å². The molecule has 9 nitrogen and oxygen atoms in total. The molecule has 0 aliphatic rings. The number of carbonyl (C=O) groups is 3. The smallest absolute Gasteiger partial charge is 0.306 e. The lowest BCUT2D eigenvalue weighted by Crippen LogP contribution is -2.44. The van der Waals surface area contributed by atoms with Crippen molar-refractivity contribution in [2.75, 3.05) is 47.5 Å². The number of carbonyl (C=O) groups excluding carboxylic acids is 3. The molecule has 2 unspecified atom stereocenters. The van der Waals surface area contributed by atoms with Crippen LogP contribution in [-0.2, 0) is 33.3 Å². The highest BCUT2D eigenvalue weighted by molar-refractivity contribution is 5.70. The number of likely N-dealkylation sites (N-methyl/N-ethyl adjacent to an activating group) is 1. The molecule has 0 N–H and O–H groups in total. The van der Waals surface area contributed by atoms with Gasteiger partial charge in [-0.2, -0.15) is 0 Å². The Balaban J connectivity index is 4.05. The Morgan fingerprint density at radius 2 is 0.640 bits per heavy atom. The average Bonchev–Trinajstić information content (AvgIpc) is 3.64. The maximum Gasteiger partial charge on any atom is 0.306 e. The molecule has 9 heteroatoms. The van der Waals surface area contributed by atoms with E-state index in [0.717, 1.165) is 89.9 Å². The SMILES string of the molecule is CC/C=C\C/C=C\C/C=C\C/C=C\C/C=C\C/C=C\C/C=C\C/C=C\CCCCCCCCCCCCCCCCCCC(=O)OC(COC(=O)CCCCCCCCCCCCC/C=C\CCCCCCCCCC)COC(OCC[N+](C)(C)C)C(=O)[O-]. The summed E-state index contributed by atoms with van der Waals surface area (Å²) in [5, 5.41) is 11.8. The summed E-state index contributed by atoms with van der Waals surface area (Å²) in [7, 11) is 5.94. The number of rotatable bonds is 68. The summed E-state index contributed by atoms with van der Waals surface area (Å²) in [5.74, 6) is -2.27. The van der Waals surface area contributed by atoms with Crippen LogP contribution in [0.1, 0.15) is 322 Å². The molecular weight excluding hydrogens is 1100 g/mol. The standard InChI is InChI=1S/C80H139NO8/c1-6-8-10-12-14-16-18-20-22-24-26-28-30-31-32-33-34-35-36-37-38-39-40-41-42-43-44-45-46-47-49-51-53-55-57-59-61-63-65-67-69-71-78(83)89-76(75-88-80(79(84)85)86-73-72-81(3,4)5)74-87-77(82)70-68-66-64-62-60-58-56-54-52-50-48-29-27-25-23-21-19-17-15-13-11-9-7-2/h8,10,14,16,20,22,25-28,31-32,34-35,37-38,40-41,76,80H,6-7,9,11-13,15,17-19,21,23-24,29-30,33,36,39,42-75H2,1-5H3/b10-8-,16-14-,22-20-,27-25-,28-26-,32-31-,35-34-,38-37-,41-40-. The molecule has 0 amide bonds. The van der Waals surface area contributed by atoms with Crippen LogP contribution >= 0.6 is 0 Å². The van der Waals surface area contributed by atoms with E-state index >= 15 is 0 Å². The van der Waals surface area contributed by atoms with Crippen molar-refractivity contribution in [2.24, 2.45) is 0 Å². The minimum Gasteiger partial charge on any atom is -0.545 e. The van der Waals surface area contributed by atoms with E-state index in [4.69, 9.17) is 18.9 Å². The normalized spacial score (nSPS) is 13.3. The summed E-state index contributed by atoms with van der Waals surface area (Å²) in [6.45, 7) is 4.67. The van der Waals surface area contributed by atoms with E-state index < -0.39 is 24.3 Å². The van der Waals surface area contributed by atoms with Crippen LogP contribution in [0.25, 0.3) is 0 Å². The van der Waals surface area contributed by atoms with Gasteiger partial charge < -0.3 is 33.3 Å². The number of carboxylic acid groups (broad SMARTS) is 1. The second kappa shape index (κ2) is 69.8. The maximum atomic E-state index is 12.9. The first kappa shape index (κ1) is 85.0. The number of hydrogen-bond donors (Lipinski definition) is 0. The lowest BCUT2D eigenvalue weighted by Gasteiger charge is -2.26. The zero-order valence-corrected chi connectivity index (χ0v) is 58.5. The molecule has 0 aliphatic heterocycles. The van der Waals surface area contributed by atoms with Gasteiger partial charge in [0.1, 0.15) is 13.2 Å². The van der Waals surface area contributed by atoms with E-state index in [1.165, 1.54) is 199 Å². The third kappa shape index (κ3) is 71.3. The van der Waals surface area contributed by atoms with Gasteiger partial charge in [-0.3, -0.25) is 9.59 Å². The Bertz CT molecular complexity index is 1830. The second-order valence-electron chi connectivity index (χ2n) is 25.9. The lowest BCUT2D eigenvalue weighted by atomic mass is 10.0. The highest BCUT2D eigenvalue weighted by Crippen LogP contribution is 2.18. The van der Waals surface area contributed by atoms with Gasteiger partial charge >= 0.3 is 11.9 Å². The average molecular weight is 1240 g/mol. The van der Waals surface area contributed by atoms with E-state index in [2.05, 4.69) is 123 Å². The van der Waals surface area contributed by atoms with Crippen molar-refractivity contribution < 1.29 is 42.9 Å². The number of esters is 2. The van der Waals surface area contributed by atoms with E-state index in [1.54, 1.807) is 0 Å². The van der Waals surface area contributed by atoms with E-state index in [0.29, 0.717) is 23.9 Å². The molecular formula is C80H139NO8. The van der Waals surface area contributed by atoms with Crippen LogP contribution in [0.3, 0.4) is 0 Å². The summed E-state index contributed by atoms with van der Waals surface area (Å²) >= 11 is 0. The summed E-state index contributed by atoms with van der Waals surface area (Å²) in [5.41, 5.74) is 0. The molecule has 0 fully saturated rings. The second-order valence-corrected chi connectivity index (χ2v) is 25.9. The highest BCUT2D eigenvalue weighted by atomic mass is 16.7. The van der Waals surface area contributed by atoms with Crippen LogP contribution in [0.4, 0.5) is 0 Å². The Labute approximate surface area is 549 Å². The number of aliphatic carboxylic acids is 1. The highest BCUT2D eigenvalue weighted by Gasteiger charge is 2.22. The van der Waals surface area contributed by atoms with Gasteiger partial charge in [0.15, 0.2) is 12.4 Å². The molecule has 512 valence electrons. The van der Waals surface area contributed by atoms with Gasteiger partial charge in [0, 0.05) is 12.8 Å². The van der Waals surface area contributed by atoms with Gasteiger partial charge in [0.2, 0.25) is 0 Å². The molecule has 0 aliphatic carbocycles. The zero-order valence-electron chi connectivity index (χ0n) is 58.5. The Morgan fingerprint density at radius 3 is 0.966 bits per heavy atom. The molecule has 0 aromatic heterocycles. The topological polar surface area (TPSA) is 111 Å². The predicted octanol–water partition coefficient (Wildman–Crippen LogP) is 22.0. The molecule has 0 bridgehead atoms. The quantitative estimate of drug-likeness (QED) is 0.0195. The molecule has 89 heavy (non-hydrogen) atoms. The largest absolute Gasteiger partial charge is 0.545 e. The third-order valence-electron chi connectivity index (χ3n) is 16.0.